The third-order valence-corrected chi connectivity index (χ3v) is 3.32. The minimum Gasteiger partial charge on any atom is -0.396 e. The molecular weight excluding hydrogens is 274 g/mol. The molecule has 0 saturated carbocycles. The first kappa shape index (κ1) is 13.3. The summed E-state index contributed by atoms with van der Waals surface area (Å²) in [5.74, 6) is -3.01. The highest BCUT2D eigenvalue weighted by atomic mass is 32.1. The van der Waals surface area contributed by atoms with E-state index in [2.05, 4.69) is 15.5 Å². The number of nitrogens with zero attached hydrogens (tertiary/aromatic N) is 2. The number of halogens is 2. The summed E-state index contributed by atoms with van der Waals surface area (Å²) in [7, 11) is 0. The summed E-state index contributed by atoms with van der Waals surface area (Å²) in [5, 5.41) is 10.7. The average Bonchev–Trinajstić information content (AvgIpc) is 2.82. The van der Waals surface area contributed by atoms with Crippen molar-refractivity contribution in [3.05, 3.63) is 34.3 Å². The number of hydrogen-bond donors (Lipinski definition) is 2. The molecule has 0 spiro atoms. The molecule has 2 rings (SSSR count). The lowest BCUT2D eigenvalue weighted by Gasteiger charge is -2.06. The van der Waals surface area contributed by atoms with E-state index >= 15 is 0 Å². The average molecular weight is 284 g/mol. The van der Waals surface area contributed by atoms with Crippen molar-refractivity contribution in [3.8, 4) is 0 Å². The predicted molar refractivity (Wildman–Crippen MR) is 68.0 cm³/mol. The molecule has 1 aromatic heterocycles. The second-order valence-corrected chi connectivity index (χ2v) is 4.70. The Morgan fingerprint density at radius 2 is 2.16 bits per heavy atom. The standard InChI is InChI=1S/C11H10F2N4OS/c1-2-7-16-17-11(19-7)15-10(18)8-5(12)3-4-6(14)9(8)13/h3-4H,2,14H2,1H3,(H,15,17,18). The Morgan fingerprint density at radius 3 is 2.79 bits per heavy atom. The van der Waals surface area contributed by atoms with Gasteiger partial charge in [0.2, 0.25) is 5.13 Å². The van der Waals surface area contributed by atoms with Gasteiger partial charge in [-0.15, -0.1) is 10.2 Å². The third kappa shape index (κ3) is 2.68. The highest BCUT2D eigenvalue weighted by molar-refractivity contribution is 7.15. The number of aryl methyl sites for hydroxylation is 1. The van der Waals surface area contributed by atoms with E-state index in [1.165, 1.54) is 0 Å². The monoisotopic (exact) mass is 284 g/mol. The number of anilines is 2. The molecule has 1 amide bonds. The second kappa shape index (κ2) is 5.27. The summed E-state index contributed by atoms with van der Waals surface area (Å²) >= 11 is 1.14. The molecule has 3 N–H and O–H groups in total. The summed E-state index contributed by atoms with van der Waals surface area (Å²) in [6.45, 7) is 1.88. The first-order valence-electron chi connectivity index (χ1n) is 5.40. The van der Waals surface area contributed by atoms with Gasteiger partial charge in [-0.05, 0) is 18.6 Å². The number of carbonyl (C=O) groups is 1. The van der Waals surface area contributed by atoms with E-state index < -0.39 is 23.1 Å². The summed E-state index contributed by atoms with van der Waals surface area (Å²) in [6.07, 6.45) is 0.661. The van der Waals surface area contributed by atoms with Crippen LogP contribution in [0.5, 0.6) is 0 Å². The Hall–Kier alpha value is -2.09. The minimum atomic E-state index is -1.09. The molecule has 5 nitrogen and oxygen atoms in total. The molecule has 0 aliphatic rings. The van der Waals surface area contributed by atoms with E-state index in [0.29, 0.717) is 11.4 Å². The first-order valence-corrected chi connectivity index (χ1v) is 6.21. The zero-order valence-electron chi connectivity index (χ0n) is 9.91. The van der Waals surface area contributed by atoms with Crippen LogP contribution in [-0.2, 0) is 6.42 Å². The van der Waals surface area contributed by atoms with Crippen LogP contribution >= 0.6 is 11.3 Å². The van der Waals surface area contributed by atoms with Crippen molar-refractivity contribution in [2.45, 2.75) is 13.3 Å². The fourth-order valence-electron chi connectivity index (χ4n) is 1.38. The number of amides is 1. The van der Waals surface area contributed by atoms with E-state index in [1.807, 2.05) is 6.92 Å². The van der Waals surface area contributed by atoms with Gasteiger partial charge in [0.25, 0.3) is 5.91 Å². The molecule has 0 aliphatic heterocycles. The number of carbonyl (C=O) groups excluding carboxylic acids is 1. The SMILES string of the molecule is CCc1nnc(NC(=O)c2c(F)ccc(N)c2F)s1. The minimum absolute atomic E-state index is 0.183. The van der Waals surface area contributed by atoms with Gasteiger partial charge in [0.15, 0.2) is 5.82 Å². The number of rotatable bonds is 3. The predicted octanol–water partition coefficient (Wildman–Crippen LogP) is 2.21. The Labute approximate surface area is 111 Å². The lowest BCUT2D eigenvalue weighted by Crippen LogP contribution is -2.16. The van der Waals surface area contributed by atoms with E-state index in [-0.39, 0.29) is 10.8 Å². The van der Waals surface area contributed by atoms with Crippen LogP contribution in [-0.4, -0.2) is 16.1 Å². The van der Waals surface area contributed by atoms with Crippen LogP contribution in [0.25, 0.3) is 0 Å². The number of benzene rings is 1. The van der Waals surface area contributed by atoms with Crippen LogP contribution in [0, 0.1) is 11.6 Å². The lowest BCUT2D eigenvalue weighted by atomic mass is 10.1. The van der Waals surface area contributed by atoms with E-state index in [4.69, 9.17) is 5.73 Å². The maximum atomic E-state index is 13.6. The number of aromatic nitrogens is 2. The van der Waals surface area contributed by atoms with Gasteiger partial charge in [-0.3, -0.25) is 10.1 Å². The molecular formula is C11H10F2N4OS. The maximum Gasteiger partial charge on any atom is 0.263 e. The van der Waals surface area contributed by atoms with Crippen molar-refractivity contribution in [1.29, 1.82) is 0 Å². The fourth-order valence-corrected chi connectivity index (χ4v) is 2.06. The summed E-state index contributed by atoms with van der Waals surface area (Å²) in [6, 6.07) is 1.99. The van der Waals surface area contributed by atoms with Crippen molar-refractivity contribution < 1.29 is 13.6 Å². The third-order valence-electron chi connectivity index (χ3n) is 2.34. The van der Waals surface area contributed by atoms with Crippen LogP contribution in [0.1, 0.15) is 22.3 Å². The smallest absolute Gasteiger partial charge is 0.263 e. The van der Waals surface area contributed by atoms with Crippen LogP contribution in [0.15, 0.2) is 12.1 Å². The van der Waals surface area contributed by atoms with Gasteiger partial charge < -0.3 is 5.73 Å². The Balaban J connectivity index is 2.27. The van der Waals surface area contributed by atoms with Gasteiger partial charge in [0, 0.05) is 0 Å². The van der Waals surface area contributed by atoms with Crippen LogP contribution in [0.3, 0.4) is 0 Å². The fraction of sp³-hybridized carbons (Fsp3) is 0.182. The van der Waals surface area contributed by atoms with Gasteiger partial charge in [0.1, 0.15) is 16.4 Å². The molecule has 0 fully saturated rings. The summed E-state index contributed by atoms with van der Waals surface area (Å²) in [4.78, 5) is 11.8. The van der Waals surface area contributed by atoms with Crippen molar-refractivity contribution >= 4 is 28.1 Å². The molecule has 8 heteroatoms. The van der Waals surface area contributed by atoms with Crippen molar-refractivity contribution in [3.63, 3.8) is 0 Å². The largest absolute Gasteiger partial charge is 0.396 e. The number of nitrogens with one attached hydrogen (secondary N) is 1. The molecule has 1 heterocycles. The number of nitrogens with two attached hydrogens (primary N) is 1. The van der Waals surface area contributed by atoms with Gasteiger partial charge in [-0.2, -0.15) is 0 Å². The molecule has 19 heavy (non-hydrogen) atoms. The molecule has 0 radical (unpaired) electrons. The first-order chi connectivity index (χ1) is 9.02. The molecule has 100 valence electrons. The van der Waals surface area contributed by atoms with Gasteiger partial charge in [-0.25, -0.2) is 8.78 Å². The molecule has 0 saturated heterocycles. The van der Waals surface area contributed by atoms with Crippen LogP contribution in [0.2, 0.25) is 0 Å². The van der Waals surface area contributed by atoms with Crippen LogP contribution in [0.4, 0.5) is 19.6 Å². The normalized spacial score (nSPS) is 10.5. The van der Waals surface area contributed by atoms with E-state index in [0.717, 1.165) is 23.5 Å². The Morgan fingerprint density at radius 1 is 1.42 bits per heavy atom. The summed E-state index contributed by atoms with van der Waals surface area (Å²) in [5.41, 5.74) is 4.28. The van der Waals surface area contributed by atoms with Gasteiger partial charge in [-0.1, -0.05) is 18.3 Å². The molecule has 0 atom stereocenters. The van der Waals surface area contributed by atoms with Crippen molar-refractivity contribution in [1.82, 2.24) is 10.2 Å². The lowest BCUT2D eigenvalue weighted by molar-refractivity contribution is 0.101. The number of nitrogen functional groups attached to an aromatic ring is 1. The summed E-state index contributed by atoms with van der Waals surface area (Å²) < 4.78 is 27.1. The van der Waals surface area contributed by atoms with Crippen molar-refractivity contribution in [2.24, 2.45) is 0 Å². The molecule has 0 unspecified atom stereocenters. The molecule has 0 aliphatic carbocycles. The number of hydrogen-bond acceptors (Lipinski definition) is 5. The topological polar surface area (TPSA) is 80.9 Å². The Bertz CT molecular complexity index is 629. The molecule has 0 bridgehead atoms. The quantitative estimate of drug-likeness (QED) is 0.847. The Kier molecular flexibility index (Phi) is 3.70. The van der Waals surface area contributed by atoms with Crippen LogP contribution < -0.4 is 11.1 Å². The van der Waals surface area contributed by atoms with Crippen molar-refractivity contribution in [2.75, 3.05) is 11.1 Å². The zero-order valence-corrected chi connectivity index (χ0v) is 10.7. The second-order valence-electron chi connectivity index (χ2n) is 3.63. The molecule has 2 aromatic rings. The highest BCUT2D eigenvalue weighted by Crippen LogP contribution is 2.21. The molecule has 1 aromatic carbocycles. The maximum absolute atomic E-state index is 13.6. The van der Waals surface area contributed by atoms with Gasteiger partial charge in [0.05, 0.1) is 5.69 Å². The van der Waals surface area contributed by atoms with E-state index in [9.17, 15) is 13.6 Å². The zero-order chi connectivity index (χ0) is 14.0. The highest BCUT2D eigenvalue weighted by Gasteiger charge is 2.20. The van der Waals surface area contributed by atoms with E-state index in [1.54, 1.807) is 0 Å². The van der Waals surface area contributed by atoms with Gasteiger partial charge >= 0.3 is 0 Å².